The molecule has 0 bridgehead atoms. The van der Waals surface area contributed by atoms with Crippen LogP contribution in [0.25, 0.3) is 6.08 Å². The number of aliphatic imine (C=N–C) groups is 1. The maximum Gasteiger partial charge on any atom is 0.344 e. The van der Waals surface area contributed by atoms with Gasteiger partial charge in [0.15, 0.2) is 0 Å². The van der Waals surface area contributed by atoms with Crippen molar-refractivity contribution >= 4 is 46.1 Å². The molecule has 27 heavy (non-hydrogen) atoms. The molecule has 0 aliphatic carbocycles. The number of carbonyl (C=O) groups is 2. The van der Waals surface area contributed by atoms with Crippen molar-refractivity contribution < 1.29 is 19.4 Å². The van der Waals surface area contributed by atoms with E-state index in [0.717, 1.165) is 22.2 Å². The van der Waals surface area contributed by atoms with Crippen molar-refractivity contribution in [3.8, 4) is 0 Å². The van der Waals surface area contributed by atoms with Crippen LogP contribution in [-0.2, 0) is 9.53 Å². The van der Waals surface area contributed by atoms with Crippen molar-refractivity contribution in [3.63, 3.8) is 0 Å². The Morgan fingerprint density at radius 2 is 2.00 bits per heavy atom. The fraction of sp³-hybridized carbons (Fsp3) is 0.150. The van der Waals surface area contributed by atoms with Crippen molar-refractivity contribution in [2.45, 2.75) is 13.8 Å². The molecule has 3 rings (SSSR count). The molecule has 2 heterocycles. The highest BCUT2D eigenvalue weighted by Crippen LogP contribution is 2.39. The van der Waals surface area contributed by atoms with E-state index in [1.54, 1.807) is 25.1 Å². The number of ether oxygens (including phenoxy) is 1. The Morgan fingerprint density at radius 1 is 1.22 bits per heavy atom. The lowest BCUT2D eigenvalue weighted by Crippen LogP contribution is -2.14. The number of aryl methyl sites for hydroxylation is 1. The van der Waals surface area contributed by atoms with Gasteiger partial charge in [-0.3, -0.25) is 4.79 Å². The zero-order chi connectivity index (χ0) is 19.4. The molecule has 1 aliphatic rings. The summed E-state index contributed by atoms with van der Waals surface area (Å²) in [5.74, 6) is -1.39. The summed E-state index contributed by atoms with van der Waals surface area (Å²) in [7, 11) is 0. The van der Waals surface area contributed by atoms with Crippen LogP contribution >= 0.6 is 23.1 Å². The third-order valence-electron chi connectivity index (χ3n) is 3.77. The molecule has 0 radical (unpaired) electrons. The monoisotopic (exact) mass is 399 g/mol. The molecule has 5 nitrogen and oxygen atoms in total. The summed E-state index contributed by atoms with van der Waals surface area (Å²) in [6.45, 7) is 3.65. The van der Waals surface area contributed by atoms with Gasteiger partial charge in [-0.05, 0) is 43.0 Å². The van der Waals surface area contributed by atoms with Crippen molar-refractivity contribution in [1.82, 2.24) is 0 Å². The maximum absolute atomic E-state index is 12.6. The minimum Gasteiger partial charge on any atom is -0.506 e. The molecule has 138 valence electrons. The molecular formula is C20H17NO4S2. The minimum absolute atomic E-state index is 0.0772. The van der Waals surface area contributed by atoms with Gasteiger partial charge in [0, 0.05) is 10.4 Å². The van der Waals surface area contributed by atoms with Crippen LogP contribution in [0.3, 0.4) is 0 Å². The van der Waals surface area contributed by atoms with Crippen LogP contribution in [0.1, 0.15) is 27.7 Å². The Morgan fingerprint density at radius 3 is 2.67 bits per heavy atom. The number of thioether (sulfide) groups is 1. The van der Waals surface area contributed by atoms with Gasteiger partial charge in [0.1, 0.15) is 16.4 Å². The number of hydrogen-bond donors (Lipinski definition) is 1. The smallest absolute Gasteiger partial charge is 0.344 e. The maximum atomic E-state index is 12.6. The van der Waals surface area contributed by atoms with Gasteiger partial charge in [0.25, 0.3) is 5.91 Å². The molecule has 0 saturated heterocycles. The molecule has 0 atom stereocenters. The van der Waals surface area contributed by atoms with Gasteiger partial charge in [-0.15, -0.1) is 11.3 Å². The van der Waals surface area contributed by atoms with Crippen molar-refractivity contribution in [3.05, 3.63) is 74.0 Å². The molecule has 1 aromatic heterocycles. The van der Waals surface area contributed by atoms with Gasteiger partial charge in [0.05, 0.1) is 11.5 Å². The molecule has 1 aliphatic heterocycles. The Hall–Kier alpha value is -2.64. The normalized spacial score (nSPS) is 17.0. The summed E-state index contributed by atoms with van der Waals surface area (Å²) in [4.78, 5) is 30.4. The lowest BCUT2D eigenvalue weighted by atomic mass is 10.1. The van der Waals surface area contributed by atoms with Gasteiger partial charge in [-0.2, -0.15) is 0 Å². The number of thiophene rings is 1. The molecule has 0 spiro atoms. The SMILES string of the molecule is CCOC(=O)C1=C(O)/C(=C/c2cccs2)SC1=NC(=O)c1ccccc1C. The highest BCUT2D eigenvalue weighted by molar-refractivity contribution is 8.18. The molecular weight excluding hydrogens is 382 g/mol. The number of benzene rings is 1. The van der Waals surface area contributed by atoms with Crippen LogP contribution < -0.4 is 0 Å². The highest BCUT2D eigenvalue weighted by Gasteiger charge is 2.34. The molecule has 1 amide bonds. The number of esters is 1. The van der Waals surface area contributed by atoms with Gasteiger partial charge in [-0.25, -0.2) is 9.79 Å². The number of aliphatic hydroxyl groups is 1. The Bertz CT molecular complexity index is 972. The summed E-state index contributed by atoms with van der Waals surface area (Å²) >= 11 is 2.58. The van der Waals surface area contributed by atoms with E-state index in [2.05, 4.69) is 4.99 Å². The summed E-state index contributed by atoms with van der Waals surface area (Å²) in [6, 6.07) is 10.9. The highest BCUT2D eigenvalue weighted by atomic mass is 32.2. The van der Waals surface area contributed by atoms with E-state index < -0.39 is 11.9 Å². The van der Waals surface area contributed by atoms with Crippen LogP contribution in [0, 0.1) is 6.92 Å². The molecule has 1 aromatic carbocycles. The van der Waals surface area contributed by atoms with Crippen molar-refractivity contribution in [2.24, 2.45) is 4.99 Å². The van der Waals surface area contributed by atoms with E-state index in [0.29, 0.717) is 10.5 Å². The Labute approximate surface area is 165 Å². The van der Waals surface area contributed by atoms with Gasteiger partial charge >= 0.3 is 5.97 Å². The lowest BCUT2D eigenvalue weighted by molar-refractivity contribution is -0.138. The molecule has 7 heteroatoms. The fourth-order valence-electron chi connectivity index (χ4n) is 2.46. The number of rotatable bonds is 4. The van der Waals surface area contributed by atoms with Gasteiger partial charge in [0.2, 0.25) is 0 Å². The van der Waals surface area contributed by atoms with E-state index in [4.69, 9.17) is 4.74 Å². The van der Waals surface area contributed by atoms with Crippen LogP contribution in [0.5, 0.6) is 0 Å². The summed E-state index contributed by atoms with van der Waals surface area (Å²) < 4.78 is 5.03. The fourth-order valence-corrected chi connectivity index (χ4v) is 4.20. The average molecular weight is 399 g/mol. The Kier molecular flexibility index (Phi) is 5.93. The summed E-state index contributed by atoms with van der Waals surface area (Å²) in [6.07, 6.45) is 1.75. The number of amides is 1. The van der Waals surface area contributed by atoms with Crippen LogP contribution in [-0.4, -0.2) is 28.6 Å². The molecule has 0 unspecified atom stereocenters. The minimum atomic E-state index is -0.701. The second-order valence-corrected chi connectivity index (χ2v) is 7.62. The van der Waals surface area contributed by atoms with E-state index >= 15 is 0 Å². The second kappa shape index (κ2) is 8.37. The standard InChI is InChI=1S/C20H17NO4S2/c1-3-25-20(24)16-17(22)15(11-13-8-6-10-26-13)27-19(16)21-18(23)14-9-5-4-7-12(14)2/h4-11,22H,3H2,1-2H3/b15-11-,21-19?. The molecule has 1 N–H and O–H groups in total. The first-order valence-electron chi connectivity index (χ1n) is 8.24. The number of carbonyl (C=O) groups excluding carboxylic acids is 2. The van der Waals surface area contributed by atoms with Gasteiger partial charge in [-0.1, -0.05) is 36.0 Å². The van der Waals surface area contributed by atoms with Crippen LogP contribution in [0.2, 0.25) is 0 Å². The summed E-state index contributed by atoms with van der Waals surface area (Å²) in [5.41, 5.74) is 1.16. The largest absolute Gasteiger partial charge is 0.506 e. The quantitative estimate of drug-likeness (QED) is 0.750. The van der Waals surface area contributed by atoms with E-state index in [1.807, 2.05) is 36.6 Å². The van der Waals surface area contributed by atoms with E-state index in [-0.39, 0.29) is 23.0 Å². The van der Waals surface area contributed by atoms with E-state index in [9.17, 15) is 14.7 Å². The zero-order valence-electron chi connectivity index (χ0n) is 14.8. The third-order valence-corrected chi connectivity index (χ3v) is 5.60. The molecule has 0 fully saturated rings. The first-order valence-corrected chi connectivity index (χ1v) is 9.93. The average Bonchev–Trinajstić information content (AvgIpc) is 3.24. The van der Waals surface area contributed by atoms with Crippen LogP contribution in [0.4, 0.5) is 0 Å². The second-order valence-electron chi connectivity index (χ2n) is 5.61. The first-order chi connectivity index (χ1) is 13.0. The first kappa shape index (κ1) is 19.1. The lowest BCUT2D eigenvalue weighted by Gasteiger charge is -2.04. The summed E-state index contributed by atoms with van der Waals surface area (Å²) in [5, 5.41) is 12.6. The number of nitrogens with zero attached hydrogens (tertiary/aromatic N) is 1. The molecule has 0 saturated carbocycles. The number of hydrogen-bond acceptors (Lipinski definition) is 6. The predicted molar refractivity (Wildman–Crippen MR) is 109 cm³/mol. The predicted octanol–water partition coefficient (Wildman–Crippen LogP) is 4.76. The zero-order valence-corrected chi connectivity index (χ0v) is 16.4. The van der Waals surface area contributed by atoms with Crippen molar-refractivity contribution in [2.75, 3.05) is 6.61 Å². The van der Waals surface area contributed by atoms with Crippen LogP contribution in [0.15, 0.2) is 63.0 Å². The topological polar surface area (TPSA) is 76.0 Å². The number of aliphatic hydroxyl groups excluding tert-OH is 1. The van der Waals surface area contributed by atoms with E-state index in [1.165, 1.54) is 11.3 Å². The van der Waals surface area contributed by atoms with Gasteiger partial charge < -0.3 is 9.84 Å². The third kappa shape index (κ3) is 4.20. The Balaban J connectivity index is 2.02. The van der Waals surface area contributed by atoms with Crippen molar-refractivity contribution in [1.29, 1.82) is 0 Å². The molecule has 2 aromatic rings.